The van der Waals surface area contributed by atoms with Crippen molar-refractivity contribution in [3.63, 3.8) is 0 Å². The van der Waals surface area contributed by atoms with Crippen LogP contribution in [0.1, 0.15) is 32.1 Å². The van der Waals surface area contributed by atoms with Crippen LogP contribution < -0.4 is 0 Å². The van der Waals surface area contributed by atoms with Crippen molar-refractivity contribution in [1.29, 1.82) is 0 Å². The summed E-state index contributed by atoms with van der Waals surface area (Å²) in [6, 6.07) is 0. The zero-order valence-electron chi connectivity index (χ0n) is 17.3. The Hall–Kier alpha value is 0.177. The van der Waals surface area contributed by atoms with Crippen LogP contribution in [-0.4, -0.2) is 61.0 Å². The molecule has 0 radical (unpaired) electrons. The van der Waals surface area contributed by atoms with Gasteiger partial charge in [0.25, 0.3) is 15.9 Å². The lowest BCUT2D eigenvalue weighted by Gasteiger charge is -2.31. The largest absolute Gasteiger partial charge is 0.449 e. The Kier molecular flexibility index (Phi) is 7.20. The van der Waals surface area contributed by atoms with E-state index < -0.39 is 51.2 Å². The predicted molar refractivity (Wildman–Crippen MR) is 106 cm³/mol. The van der Waals surface area contributed by atoms with Crippen LogP contribution in [0.3, 0.4) is 0 Å². The lowest BCUT2D eigenvalue weighted by molar-refractivity contribution is -0.438. The molecule has 1 saturated heterocycles. The first-order valence-corrected chi connectivity index (χ1v) is 15.2. The molecular formula is C15H22F8INO5SSi. The van der Waals surface area contributed by atoms with Gasteiger partial charge in [0.2, 0.25) is 0 Å². The van der Waals surface area contributed by atoms with Gasteiger partial charge in [-0.25, -0.2) is 13.2 Å². The van der Waals surface area contributed by atoms with Crippen molar-refractivity contribution in [3.8, 4) is 0 Å². The number of nitrogens with zero attached hydrogens (tertiary/aromatic N) is 1. The molecule has 1 saturated carbocycles. The van der Waals surface area contributed by atoms with Gasteiger partial charge in [0.15, 0.2) is 8.32 Å². The van der Waals surface area contributed by atoms with Crippen molar-refractivity contribution in [2.45, 2.75) is 84.6 Å². The van der Waals surface area contributed by atoms with E-state index >= 15 is 0 Å². The first-order chi connectivity index (χ1) is 14.0. The Morgan fingerprint density at radius 1 is 0.906 bits per heavy atom. The maximum absolute atomic E-state index is 14.7. The SMILES string of the molecule is COC1(O[Si](C)(C)C)N(S(=O)(=O)C(F)(F)C(F)(F)OC(F)(F)C(F)(F)I)C12CCCCC2. The molecular weight excluding hydrogens is 613 g/mol. The molecule has 0 aromatic heterocycles. The Morgan fingerprint density at radius 2 is 1.38 bits per heavy atom. The van der Waals surface area contributed by atoms with Gasteiger partial charge in [-0.15, -0.1) is 4.31 Å². The van der Waals surface area contributed by atoms with Crippen LogP contribution in [0, 0.1) is 0 Å². The topological polar surface area (TPSA) is 64.8 Å². The summed E-state index contributed by atoms with van der Waals surface area (Å²) in [5.41, 5.74) is -1.78. The first kappa shape index (κ1) is 28.4. The quantitative estimate of drug-likeness (QED) is 0.0859. The molecule has 32 heavy (non-hydrogen) atoms. The van der Waals surface area contributed by atoms with Crippen LogP contribution in [0.5, 0.6) is 0 Å². The van der Waals surface area contributed by atoms with Gasteiger partial charge >= 0.3 is 21.4 Å². The standard InChI is InChI=1S/C15H22F8INO5SSi/c1-28-15(30-32(2,3)4)10(8-6-5-7-9-10)25(15)31(26,27)14(22,23)13(20,21)29-12(18,19)11(16,17)24/h5-9H2,1-4H3. The van der Waals surface area contributed by atoms with Crippen LogP contribution in [0.15, 0.2) is 0 Å². The molecule has 0 aromatic rings. The predicted octanol–water partition coefficient (Wildman–Crippen LogP) is 5.31. The summed E-state index contributed by atoms with van der Waals surface area (Å²) < 4.78 is 143. The second kappa shape index (κ2) is 8.11. The van der Waals surface area contributed by atoms with E-state index in [0.717, 1.165) is 7.11 Å². The molecule has 0 aromatic carbocycles. The van der Waals surface area contributed by atoms with Crippen LogP contribution in [0.4, 0.5) is 35.1 Å². The molecule has 1 aliphatic heterocycles. The smallest absolute Gasteiger partial charge is 0.377 e. The third kappa shape index (κ3) is 4.31. The van der Waals surface area contributed by atoms with Crippen molar-refractivity contribution in [2.24, 2.45) is 0 Å². The summed E-state index contributed by atoms with van der Waals surface area (Å²) >= 11 is -0.291. The van der Waals surface area contributed by atoms with Crippen LogP contribution in [0.2, 0.25) is 19.6 Å². The fraction of sp³-hybridized carbons (Fsp3) is 1.00. The Balaban J connectivity index is 2.55. The Bertz CT molecular complexity index is 829. The molecule has 0 N–H and O–H groups in total. The fourth-order valence-corrected chi connectivity index (χ4v) is 7.09. The van der Waals surface area contributed by atoms with Gasteiger partial charge in [-0.1, -0.05) is 19.3 Å². The number of alkyl halides is 9. The van der Waals surface area contributed by atoms with Crippen molar-refractivity contribution in [3.05, 3.63) is 0 Å². The molecule has 0 bridgehead atoms. The number of hydrogen-bond donors (Lipinski definition) is 0. The number of ether oxygens (including phenoxy) is 2. The van der Waals surface area contributed by atoms with Crippen molar-refractivity contribution >= 4 is 40.9 Å². The molecule has 1 spiro atoms. The first-order valence-electron chi connectivity index (χ1n) is 9.25. The number of hydrogen-bond acceptors (Lipinski definition) is 5. The molecule has 2 atom stereocenters. The molecule has 190 valence electrons. The minimum Gasteiger partial charge on any atom is -0.377 e. The zero-order chi connectivity index (χ0) is 25.2. The summed E-state index contributed by atoms with van der Waals surface area (Å²) in [6.07, 6.45) is -11.6. The van der Waals surface area contributed by atoms with Gasteiger partial charge in [-0.2, -0.15) is 35.1 Å². The maximum Gasteiger partial charge on any atom is 0.449 e. The maximum atomic E-state index is 14.7. The van der Waals surface area contributed by atoms with Crippen molar-refractivity contribution in [1.82, 2.24) is 4.31 Å². The highest BCUT2D eigenvalue weighted by molar-refractivity contribution is 14.1. The van der Waals surface area contributed by atoms with E-state index in [4.69, 9.17) is 9.16 Å². The molecule has 2 unspecified atom stereocenters. The summed E-state index contributed by atoms with van der Waals surface area (Å²) in [5.74, 6) is -2.37. The second-order valence-electron chi connectivity index (χ2n) is 8.51. The Labute approximate surface area is 194 Å². The minimum absolute atomic E-state index is 0.0813. The lowest BCUT2D eigenvalue weighted by Crippen LogP contribution is -2.57. The molecule has 2 aliphatic rings. The third-order valence-electron chi connectivity index (χ3n) is 5.09. The minimum atomic E-state index is -6.53. The van der Waals surface area contributed by atoms with Gasteiger partial charge < -0.3 is 9.16 Å². The lowest BCUT2D eigenvalue weighted by atomic mass is 9.87. The van der Waals surface area contributed by atoms with Crippen LogP contribution >= 0.6 is 22.6 Å². The molecule has 1 aliphatic carbocycles. The average Bonchev–Trinajstić information content (AvgIpc) is 3.11. The van der Waals surface area contributed by atoms with E-state index in [1.807, 2.05) is 0 Å². The van der Waals surface area contributed by atoms with E-state index in [0.29, 0.717) is 19.3 Å². The van der Waals surface area contributed by atoms with Gasteiger partial charge in [-0.3, -0.25) is 0 Å². The zero-order valence-corrected chi connectivity index (χ0v) is 21.3. The van der Waals surface area contributed by atoms with E-state index in [1.165, 1.54) is 0 Å². The molecule has 0 amide bonds. The van der Waals surface area contributed by atoms with Crippen LogP contribution in [-0.2, 0) is 23.9 Å². The normalized spacial score (nSPS) is 27.6. The van der Waals surface area contributed by atoms with Gasteiger partial charge in [0.05, 0.1) is 0 Å². The molecule has 2 rings (SSSR count). The van der Waals surface area contributed by atoms with Gasteiger partial charge in [-0.05, 0) is 32.5 Å². The van der Waals surface area contributed by atoms with Crippen LogP contribution in [0.25, 0.3) is 0 Å². The second-order valence-corrected chi connectivity index (χ2v) is 16.1. The Morgan fingerprint density at radius 3 is 1.75 bits per heavy atom. The van der Waals surface area contributed by atoms with E-state index in [9.17, 15) is 43.5 Å². The third-order valence-corrected chi connectivity index (χ3v) is 8.56. The van der Waals surface area contributed by atoms with Gasteiger partial charge in [0, 0.05) is 29.7 Å². The summed E-state index contributed by atoms with van der Waals surface area (Å²) in [6.45, 7) is 4.69. The highest BCUT2D eigenvalue weighted by Crippen LogP contribution is 2.65. The molecule has 17 heteroatoms. The highest BCUT2D eigenvalue weighted by atomic mass is 127. The molecule has 1 heterocycles. The summed E-state index contributed by atoms with van der Waals surface area (Å²) in [4.78, 5) is 0. The number of halogens is 9. The van der Waals surface area contributed by atoms with E-state index in [2.05, 4.69) is 4.74 Å². The fourth-order valence-electron chi connectivity index (χ4n) is 3.83. The highest BCUT2D eigenvalue weighted by Gasteiger charge is 2.88. The molecule has 6 nitrogen and oxygen atoms in total. The van der Waals surface area contributed by atoms with Crippen molar-refractivity contribution in [2.75, 3.05) is 7.11 Å². The summed E-state index contributed by atoms with van der Waals surface area (Å²) in [5, 5.41) is -6.36. The summed E-state index contributed by atoms with van der Waals surface area (Å²) in [7, 11) is -8.36. The van der Waals surface area contributed by atoms with Crippen molar-refractivity contribution < 1.29 is 57.4 Å². The number of sulfonamides is 1. The van der Waals surface area contributed by atoms with E-state index in [-0.39, 0.29) is 39.7 Å². The average molecular weight is 635 g/mol. The number of methoxy groups -OCH3 is 1. The monoisotopic (exact) mass is 635 g/mol. The molecule has 2 fully saturated rings. The van der Waals surface area contributed by atoms with E-state index in [1.54, 1.807) is 19.6 Å². The van der Waals surface area contributed by atoms with Gasteiger partial charge in [0.1, 0.15) is 5.54 Å². The number of rotatable bonds is 9.